The Labute approximate surface area is 167 Å². The first-order valence-electron chi connectivity index (χ1n) is 9.31. The van der Waals surface area contributed by atoms with Crippen molar-refractivity contribution in [3.8, 4) is 0 Å². The number of nitro benzene ring substituents is 1. The lowest BCUT2D eigenvalue weighted by Crippen LogP contribution is -2.37. The number of anilines is 1. The number of benzene rings is 2. The highest BCUT2D eigenvalue weighted by Crippen LogP contribution is 2.43. The predicted octanol–water partition coefficient (Wildman–Crippen LogP) is 4.04. The molecular formula is C21H21FN2O5. The average Bonchev–Trinajstić information content (AvgIpc) is 3.18. The fourth-order valence-corrected chi connectivity index (χ4v) is 3.82. The van der Waals surface area contributed by atoms with Crippen molar-refractivity contribution in [1.29, 1.82) is 0 Å². The molecule has 8 heteroatoms. The predicted molar refractivity (Wildman–Crippen MR) is 104 cm³/mol. The molecule has 1 aliphatic rings. The summed E-state index contributed by atoms with van der Waals surface area (Å²) in [5.74, 6) is -1.83. The van der Waals surface area contributed by atoms with Crippen LogP contribution < -0.4 is 5.32 Å². The van der Waals surface area contributed by atoms with E-state index in [1.807, 2.05) is 0 Å². The Bertz CT molecular complexity index is 954. The maximum atomic E-state index is 14.3. The maximum Gasteiger partial charge on any atom is 0.317 e. The number of amides is 1. The van der Waals surface area contributed by atoms with E-state index >= 15 is 0 Å². The van der Waals surface area contributed by atoms with Gasteiger partial charge in [0.25, 0.3) is 11.6 Å². The zero-order valence-electron chi connectivity index (χ0n) is 15.9. The zero-order valence-corrected chi connectivity index (χ0v) is 15.9. The van der Waals surface area contributed by atoms with Gasteiger partial charge in [-0.1, -0.05) is 43.2 Å². The van der Waals surface area contributed by atoms with E-state index in [0.717, 1.165) is 12.8 Å². The molecule has 152 valence electrons. The standard InChI is InChI=1S/C21H21FN2O5/c1-14-7-6-10-17(24(27)28)19(14)23-18(25)13-29-20(26)21(11-4-5-12-21)15-8-2-3-9-16(15)22/h2-3,6-10H,4-5,11-13H2,1H3,(H,23,25). The number of carbonyl (C=O) groups is 2. The summed E-state index contributed by atoms with van der Waals surface area (Å²) in [6.07, 6.45) is 2.39. The molecule has 1 N–H and O–H groups in total. The molecule has 1 fully saturated rings. The summed E-state index contributed by atoms with van der Waals surface area (Å²) in [6.45, 7) is 1.01. The molecule has 0 unspecified atom stereocenters. The molecule has 0 aliphatic heterocycles. The van der Waals surface area contributed by atoms with Crippen LogP contribution in [0.1, 0.15) is 36.8 Å². The van der Waals surface area contributed by atoms with E-state index in [1.165, 1.54) is 18.2 Å². The molecule has 2 aromatic rings. The number of hydrogen-bond donors (Lipinski definition) is 1. The van der Waals surface area contributed by atoms with Crippen molar-refractivity contribution < 1.29 is 23.6 Å². The quantitative estimate of drug-likeness (QED) is 0.448. The lowest BCUT2D eigenvalue weighted by molar-refractivity contribution is -0.384. The van der Waals surface area contributed by atoms with Gasteiger partial charge in [0, 0.05) is 11.6 Å². The van der Waals surface area contributed by atoms with Crippen LogP contribution in [0.2, 0.25) is 0 Å². The van der Waals surface area contributed by atoms with E-state index in [4.69, 9.17) is 4.74 Å². The van der Waals surface area contributed by atoms with Crippen LogP contribution in [0, 0.1) is 22.9 Å². The summed E-state index contributed by atoms with van der Waals surface area (Å²) in [5, 5.41) is 13.6. The monoisotopic (exact) mass is 400 g/mol. The third-order valence-electron chi connectivity index (χ3n) is 5.28. The number of halogens is 1. The number of rotatable bonds is 6. The van der Waals surface area contributed by atoms with Crippen molar-refractivity contribution in [2.75, 3.05) is 11.9 Å². The number of para-hydroxylation sites is 1. The van der Waals surface area contributed by atoms with Crippen LogP contribution in [-0.4, -0.2) is 23.4 Å². The van der Waals surface area contributed by atoms with Gasteiger partial charge in [0.1, 0.15) is 11.5 Å². The van der Waals surface area contributed by atoms with Crippen LogP contribution in [0.15, 0.2) is 42.5 Å². The average molecular weight is 400 g/mol. The minimum absolute atomic E-state index is 0.0585. The number of carbonyl (C=O) groups excluding carboxylic acids is 2. The van der Waals surface area contributed by atoms with Crippen LogP contribution in [0.25, 0.3) is 0 Å². The lowest BCUT2D eigenvalue weighted by atomic mass is 9.78. The van der Waals surface area contributed by atoms with Crippen LogP contribution in [0.4, 0.5) is 15.8 Å². The van der Waals surface area contributed by atoms with Crippen LogP contribution >= 0.6 is 0 Å². The lowest BCUT2D eigenvalue weighted by Gasteiger charge is -2.27. The van der Waals surface area contributed by atoms with Gasteiger partial charge in [-0.15, -0.1) is 0 Å². The molecule has 2 aromatic carbocycles. The van der Waals surface area contributed by atoms with Crippen molar-refractivity contribution >= 4 is 23.3 Å². The molecule has 1 aliphatic carbocycles. The number of nitrogens with one attached hydrogen (secondary N) is 1. The molecule has 1 saturated carbocycles. The van der Waals surface area contributed by atoms with Crippen LogP contribution in [0.3, 0.4) is 0 Å². The molecule has 0 heterocycles. The summed E-state index contributed by atoms with van der Waals surface area (Å²) >= 11 is 0. The molecule has 29 heavy (non-hydrogen) atoms. The minimum atomic E-state index is -1.11. The minimum Gasteiger partial charge on any atom is -0.455 e. The van der Waals surface area contributed by atoms with Crippen LogP contribution in [0.5, 0.6) is 0 Å². The van der Waals surface area contributed by atoms with Gasteiger partial charge < -0.3 is 10.1 Å². The Balaban J connectivity index is 1.73. The highest BCUT2D eigenvalue weighted by Gasteiger charge is 2.46. The van der Waals surface area contributed by atoms with Gasteiger partial charge in [-0.2, -0.15) is 0 Å². The van der Waals surface area contributed by atoms with E-state index in [-0.39, 0.29) is 16.9 Å². The molecule has 0 aromatic heterocycles. The normalized spacial score (nSPS) is 15.0. The van der Waals surface area contributed by atoms with Crippen LogP contribution in [-0.2, 0) is 19.7 Å². The Kier molecular flexibility index (Phi) is 5.91. The van der Waals surface area contributed by atoms with Crippen molar-refractivity contribution in [1.82, 2.24) is 0 Å². The number of ether oxygens (including phenoxy) is 1. The van der Waals surface area contributed by atoms with Gasteiger partial charge in [-0.05, 0) is 31.4 Å². The molecule has 0 spiro atoms. The summed E-state index contributed by atoms with van der Waals surface area (Å²) in [5.41, 5.74) is -0.512. The van der Waals surface area contributed by atoms with E-state index < -0.39 is 34.6 Å². The van der Waals surface area contributed by atoms with Gasteiger partial charge in [-0.3, -0.25) is 19.7 Å². The smallest absolute Gasteiger partial charge is 0.317 e. The number of nitro groups is 1. The highest BCUT2D eigenvalue weighted by molar-refractivity contribution is 5.96. The maximum absolute atomic E-state index is 14.3. The molecule has 1 amide bonds. The SMILES string of the molecule is Cc1cccc([N+](=O)[O-])c1NC(=O)COC(=O)C1(c2ccccc2F)CCCC1. The van der Waals surface area contributed by atoms with Gasteiger partial charge in [-0.25, -0.2) is 4.39 Å². The number of nitrogens with zero attached hydrogens (tertiary/aromatic N) is 1. The molecule has 0 saturated heterocycles. The zero-order chi connectivity index (χ0) is 21.0. The largest absolute Gasteiger partial charge is 0.455 e. The summed E-state index contributed by atoms with van der Waals surface area (Å²) in [4.78, 5) is 35.7. The van der Waals surface area contributed by atoms with Gasteiger partial charge in [0.05, 0.1) is 10.3 Å². The summed E-state index contributed by atoms with van der Waals surface area (Å²) < 4.78 is 19.6. The third-order valence-corrected chi connectivity index (χ3v) is 5.28. The summed E-state index contributed by atoms with van der Waals surface area (Å²) in [7, 11) is 0. The van der Waals surface area contributed by atoms with Gasteiger partial charge >= 0.3 is 5.97 Å². The second kappa shape index (κ2) is 8.38. The Morgan fingerprint density at radius 3 is 2.52 bits per heavy atom. The van der Waals surface area contributed by atoms with Gasteiger partial charge in [0.2, 0.25) is 0 Å². The molecule has 0 bridgehead atoms. The molecule has 3 rings (SSSR count). The van der Waals surface area contributed by atoms with E-state index in [0.29, 0.717) is 18.4 Å². The van der Waals surface area contributed by atoms with Crippen molar-refractivity contribution in [3.05, 3.63) is 69.5 Å². The summed E-state index contributed by atoms with van der Waals surface area (Å²) in [6, 6.07) is 10.5. The third kappa shape index (κ3) is 4.11. The molecule has 0 radical (unpaired) electrons. The fraction of sp³-hybridized carbons (Fsp3) is 0.333. The second-order valence-electron chi connectivity index (χ2n) is 7.12. The Morgan fingerprint density at radius 2 is 1.86 bits per heavy atom. The highest BCUT2D eigenvalue weighted by atomic mass is 19.1. The van der Waals surface area contributed by atoms with Crippen molar-refractivity contribution in [3.63, 3.8) is 0 Å². The second-order valence-corrected chi connectivity index (χ2v) is 7.12. The molecule has 7 nitrogen and oxygen atoms in total. The van der Waals surface area contributed by atoms with Gasteiger partial charge in [0.15, 0.2) is 6.61 Å². The first-order chi connectivity index (χ1) is 13.8. The fourth-order valence-electron chi connectivity index (χ4n) is 3.82. The topological polar surface area (TPSA) is 98.5 Å². The first kappa shape index (κ1) is 20.4. The Hall–Kier alpha value is -3.29. The first-order valence-corrected chi connectivity index (χ1v) is 9.31. The van der Waals surface area contributed by atoms with E-state index in [1.54, 1.807) is 31.2 Å². The number of hydrogen-bond acceptors (Lipinski definition) is 5. The van der Waals surface area contributed by atoms with Crippen molar-refractivity contribution in [2.24, 2.45) is 0 Å². The number of esters is 1. The van der Waals surface area contributed by atoms with E-state index in [2.05, 4.69) is 5.32 Å². The van der Waals surface area contributed by atoms with Crippen molar-refractivity contribution in [2.45, 2.75) is 38.0 Å². The Morgan fingerprint density at radius 1 is 1.17 bits per heavy atom. The molecular weight excluding hydrogens is 379 g/mol. The van der Waals surface area contributed by atoms with E-state index in [9.17, 15) is 24.1 Å². The molecule has 0 atom stereocenters. The number of aryl methyl sites for hydroxylation is 1.